The van der Waals surface area contributed by atoms with Gasteiger partial charge in [-0.15, -0.1) is 0 Å². The first-order valence-corrected chi connectivity index (χ1v) is 7.94. The highest BCUT2D eigenvalue weighted by Gasteiger charge is 2.18. The van der Waals surface area contributed by atoms with Crippen LogP contribution in [0.4, 0.5) is 5.69 Å². The maximum Gasteiger partial charge on any atom is 0.259 e. The molecule has 0 unspecified atom stereocenters. The lowest BCUT2D eigenvalue weighted by Gasteiger charge is -2.14. The van der Waals surface area contributed by atoms with Gasteiger partial charge in [0.05, 0.1) is 11.7 Å². The molecule has 1 fully saturated rings. The summed E-state index contributed by atoms with van der Waals surface area (Å²) >= 11 is 0. The molecule has 4 nitrogen and oxygen atoms in total. The Morgan fingerprint density at radius 2 is 2.00 bits per heavy atom. The molecule has 120 valence electrons. The summed E-state index contributed by atoms with van der Waals surface area (Å²) in [6.45, 7) is 3.29. The third-order valence-corrected chi connectivity index (χ3v) is 3.89. The number of ether oxygens (including phenoxy) is 2. The van der Waals surface area contributed by atoms with Crippen molar-refractivity contribution in [3.8, 4) is 5.75 Å². The van der Waals surface area contributed by atoms with E-state index in [2.05, 4.69) is 5.32 Å². The summed E-state index contributed by atoms with van der Waals surface area (Å²) < 4.78 is 11.4. The summed E-state index contributed by atoms with van der Waals surface area (Å²) in [4.78, 5) is 12.5. The molecular weight excluding hydrogens is 290 g/mol. The molecule has 1 aliphatic rings. The molecule has 2 aromatic carbocycles. The van der Waals surface area contributed by atoms with Crippen LogP contribution in [0.25, 0.3) is 0 Å². The van der Waals surface area contributed by atoms with Crippen LogP contribution in [0.5, 0.6) is 5.75 Å². The molecule has 1 amide bonds. The molecule has 23 heavy (non-hydrogen) atoms. The summed E-state index contributed by atoms with van der Waals surface area (Å²) in [5.74, 6) is 0.421. The van der Waals surface area contributed by atoms with E-state index in [4.69, 9.17) is 9.47 Å². The van der Waals surface area contributed by atoms with E-state index in [0.717, 1.165) is 30.7 Å². The largest absolute Gasteiger partial charge is 0.490 e. The maximum atomic E-state index is 12.5. The Labute approximate surface area is 136 Å². The van der Waals surface area contributed by atoms with Gasteiger partial charge >= 0.3 is 0 Å². The van der Waals surface area contributed by atoms with Crippen molar-refractivity contribution >= 4 is 11.6 Å². The summed E-state index contributed by atoms with van der Waals surface area (Å²) in [5.41, 5.74) is 2.46. The highest BCUT2D eigenvalue weighted by atomic mass is 16.5. The Bertz CT molecular complexity index is 661. The minimum atomic E-state index is -0.170. The molecule has 0 aromatic heterocycles. The van der Waals surface area contributed by atoms with Gasteiger partial charge in [-0.2, -0.15) is 0 Å². The van der Waals surface area contributed by atoms with Crippen LogP contribution in [0.2, 0.25) is 0 Å². The van der Waals surface area contributed by atoms with Gasteiger partial charge in [-0.1, -0.05) is 29.8 Å². The summed E-state index contributed by atoms with van der Waals surface area (Å²) in [7, 11) is 0. The number of hydrogen-bond acceptors (Lipinski definition) is 3. The molecule has 1 atom stereocenters. The number of hydrogen-bond donors (Lipinski definition) is 1. The van der Waals surface area contributed by atoms with E-state index in [9.17, 15) is 4.79 Å². The van der Waals surface area contributed by atoms with Gasteiger partial charge in [0.25, 0.3) is 5.91 Å². The molecule has 1 aliphatic heterocycles. The van der Waals surface area contributed by atoms with E-state index in [1.54, 1.807) is 6.07 Å². The first kappa shape index (κ1) is 15.6. The van der Waals surface area contributed by atoms with Crippen molar-refractivity contribution in [1.82, 2.24) is 0 Å². The maximum absolute atomic E-state index is 12.5. The van der Waals surface area contributed by atoms with Crippen LogP contribution in [0, 0.1) is 6.92 Å². The smallest absolute Gasteiger partial charge is 0.259 e. The third-order valence-electron chi connectivity index (χ3n) is 3.89. The molecule has 4 heteroatoms. The molecule has 1 heterocycles. The van der Waals surface area contributed by atoms with Crippen molar-refractivity contribution in [3.05, 3.63) is 59.7 Å². The number of amides is 1. The topological polar surface area (TPSA) is 47.6 Å². The van der Waals surface area contributed by atoms with Gasteiger partial charge in [0, 0.05) is 12.3 Å². The van der Waals surface area contributed by atoms with Crippen molar-refractivity contribution in [2.45, 2.75) is 25.9 Å². The fourth-order valence-electron chi connectivity index (χ4n) is 2.57. The lowest BCUT2D eigenvalue weighted by Crippen LogP contribution is -2.19. The van der Waals surface area contributed by atoms with E-state index >= 15 is 0 Å². The van der Waals surface area contributed by atoms with Crippen LogP contribution in [-0.4, -0.2) is 25.2 Å². The number of rotatable bonds is 5. The van der Waals surface area contributed by atoms with Crippen LogP contribution in [-0.2, 0) is 4.74 Å². The van der Waals surface area contributed by atoms with Crippen LogP contribution in [0.1, 0.15) is 28.8 Å². The molecule has 1 N–H and O–H groups in total. The van der Waals surface area contributed by atoms with Crippen LogP contribution in [0.15, 0.2) is 48.5 Å². The van der Waals surface area contributed by atoms with Crippen LogP contribution < -0.4 is 10.1 Å². The molecule has 0 bridgehead atoms. The SMILES string of the molecule is Cc1ccc(NC(=O)c2ccccc2OC[C@@H]2CCCO2)cc1. The molecule has 0 aliphatic carbocycles. The second-order valence-corrected chi connectivity index (χ2v) is 5.76. The number of nitrogens with one attached hydrogen (secondary N) is 1. The van der Waals surface area contributed by atoms with Crippen molar-refractivity contribution < 1.29 is 14.3 Å². The van der Waals surface area contributed by atoms with Crippen molar-refractivity contribution in [2.24, 2.45) is 0 Å². The Morgan fingerprint density at radius 3 is 2.74 bits per heavy atom. The number of benzene rings is 2. The van der Waals surface area contributed by atoms with E-state index in [0.29, 0.717) is 17.9 Å². The van der Waals surface area contributed by atoms with E-state index < -0.39 is 0 Å². The van der Waals surface area contributed by atoms with Crippen molar-refractivity contribution in [3.63, 3.8) is 0 Å². The quantitative estimate of drug-likeness (QED) is 0.913. The van der Waals surface area contributed by atoms with E-state index in [-0.39, 0.29) is 12.0 Å². The predicted molar refractivity (Wildman–Crippen MR) is 90.0 cm³/mol. The lowest BCUT2D eigenvalue weighted by molar-refractivity contribution is 0.0673. The van der Waals surface area contributed by atoms with Crippen molar-refractivity contribution in [1.29, 1.82) is 0 Å². The number of carbonyl (C=O) groups is 1. The van der Waals surface area contributed by atoms with Crippen LogP contribution in [0.3, 0.4) is 0 Å². The molecule has 0 radical (unpaired) electrons. The van der Waals surface area contributed by atoms with E-state index in [1.165, 1.54) is 0 Å². The summed E-state index contributed by atoms with van der Waals surface area (Å²) in [6.07, 6.45) is 2.21. The first-order valence-electron chi connectivity index (χ1n) is 7.94. The Kier molecular flexibility index (Phi) is 4.93. The fraction of sp³-hybridized carbons (Fsp3) is 0.316. The molecular formula is C19H21NO3. The molecule has 0 spiro atoms. The summed E-state index contributed by atoms with van der Waals surface area (Å²) in [5, 5.41) is 2.90. The third kappa shape index (κ3) is 4.11. The summed E-state index contributed by atoms with van der Waals surface area (Å²) in [6, 6.07) is 15.0. The van der Waals surface area contributed by atoms with Gasteiger partial charge in [-0.05, 0) is 44.0 Å². The minimum Gasteiger partial charge on any atom is -0.490 e. The zero-order chi connectivity index (χ0) is 16.1. The number of aryl methyl sites for hydroxylation is 1. The number of anilines is 1. The fourth-order valence-corrected chi connectivity index (χ4v) is 2.57. The lowest BCUT2D eigenvalue weighted by atomic mass is 10.1. The average molecular weight is 311 g/mol. The molecule has 3 rings (SSSR count). The van der Waals surface area contributed by atoms with Gasteiger partial charge in [-0.3, -0.25) is 4.79 Å². The Hall–Kier alpha value is -2.33. The zero-order valence-corrected chi connectivity index (χ0v) is 13.2. The van der Waals surface area contributed by atoms with Gasteiger partial charge in [-0.25, -0.2) is 0 Å². The predicted octanol–water partition coefficient (Wildman–Crippen LogP) is 3.81. The standard InChI is InChI=1S/C19H21NO3/c1-14-8-10-15(11-9-14)20-19(21)17-6-2-3-7-18(17)23-13-16-5-4-12-22-16/h2-3,6-11,16H,4-5,12-13H2,1H3,(H,20,21)/t16-/m0/s1. The van der Waals surface area contributed by atoms with Gasteiger partial charge in [0.15, 0.2) is 0 Å². The van der Waals surface area contributed by atoms with E-state index in [1.807, 2.05) is 49.4 Å². The normalized spacial score (nSPS) is 17.0. The van der Waals surface area contributed by atoms with Crippen LogP contribution >= 0.6 is 0 Å². The number of para-hydroxylation sites is 1. The van der Waals surface area contributed by atoms with Gasteiger partial charge in [0.1, 0.15) is 12.4 Å². The average Bonchev–Trinajstić information content (AvgIpc) is 3.09. The number of carbonyl (C=O) groups excluding carboxylic acids is 1. The van der Waals surface area contributed by atoms with Gasteiger partial charge < -0.3 is 14.8 Å². The highest BCUT2D eigenvalue weighted by molar-refractivity contribution is 6.06. The molecule has 0 saturated carbocycles. The zero-order valence-electron chi connectivity index (χ0n) is 13.2. The van der Waals surface area contributed by atoms with Gasteiger partial charge in [0.2, 0.25) is 0 Å². The van der Waals surface area contributed by atoms with Crippen molar-refractivity contribution in [2.75, 3.05) is 18.5 Å². The minimum absolute atomic E-state index is 0.128. The second-order valence-electron chi connectivity index (χ2n) is 5.76. The first-order chi connectivity index (χ1) is 11.2. The Balaban J connectivity index is 1.68. The molecule has 1 saturated heterocycles. The monoisotopic (exact) mass is 311 g/mol. The second kappa shape index (κ2) is 7.29. The highest BCUT2D eigenvalue weighted by Crippen LogP contribution is 2.22. The Morgan fingerprint density at radius 1 is 1.22 bits per heavy atom. The molecule has 2 aromatic rings.